The number of amidine groups is 1. The molecule has 2 rings (SSSR count). The highest BCUT2D eigenvalue weighted by molar-refractivity contribution is 9.10. The van der Waals surface area contributed by atoms with E-state index in [-0.39, 0.29) is 5.71 Å². The minimum atomic E-state index is -0.397. The van der Waals surface area contributed by atoms with E-state index in [2.05, 4.69) is 36.4 Å². The summed E-state index contributed by atoms with van der Waals surface area (Å²) in [7, 11) is 0. The largest absolute Gasteiger partial charge is 0.382 e. The molecule has 1 heterocycles. The van der Waals surface area contributed by atoms with Gasteiger partial charge in [-0.3, -0.25) is 20.8 Å². The average Bonchev–Trinajstić information content (AvgIpc) is 2.41. The molecule has 0 bridgehead atoms. The Morgan fingerprint density at radius 3 is 2.84 bits per heavy atom. The van der Waals surface area contributed by atoms with Gasteiger partial charge in [-0.1, -0.05) is 0 Å². The highest BCUT2D eigenvalue weighted by atomic mass is 79.9. The van der Waals surface area contributed by atoms with Crippen LogP contribution in [-0.2, 0) is 0 Å². The Bertz CT molecular complexity index is 717. The second-order valence-electron chi connectivity index (χ2n) is 3.45. The third-order valence-corrected chi connectivity index (χ3v) is 3.03. The molecule has 0 spiro atoms. The smallest absolute Gasteiger partial charge is 0.201 e. The number of rotatable bonds is 3. The maximum atomic E-state index is 8.74. The first-order valence-electron chi connectivity index (χ1n) is 5.11. The number of halogens is 1. The number of anilines is 1. The van der Waals surface area contributed by atoms with Crippen molar-refractivity contribution in [3.8, 4) is 6.07 Å². The van der Waals surface area contributed by atoms with Crippen LogP contribution in [0, 0.1) is 16.7 Å². The van der Waals surface area contributed by atoms with E-state index in [0.717, 1.165) is 5.52 Å². The van der Waals surface area contributed by atoms with Crippen LogP contribution in [0.5, 0.6) is 0 Å². The molecule has 19 heavy (non-hydrogen) atoms. The van der Waals surface area contributed by atoms with Crippen LogP contribution in [0.15, 0.2) is 34.1 Å². The molecule has 0 aliphatic rings. The summed E-state index contributed by atoms with van der Waals surface area (Å²) in [6, 6.07) is 5.23. The van der Waals surface area contributed by atoms with Crippen molar-refractivity contribution in [2.75, 3.05) is 5.43 Å². The summed E-state index contributed by atoms with van der Waals surface area (Å²) >= 11 is 3.39. The molecule has 0 aliphatic carbocycles. The maximum absolute atomic E-state index is 8.74. The molecule has 7 nitrogen and oxygen atoms in total. The van der Waals surface area contributed by atoms with Crippen LogP contribution in [0.4, 0.5) is 5.69 Å². The Morgan fingerprint density at radius 2 is 2.16 bits per heavy atom. The van der Waals surface area contributed by atoms with E-state index in [9.17, 15) is 0 Å². The van der Waals surface area contributed by atoms with Crippen LogP contribution in [-0.4, -0.2) is 21.5 Å². The third-order valence-electron chi connectivity index (χ3n) is 2.23. The Hall–Kier alpha value is -2.53. The second-order valence-corrected chi connectivity index (χ2v) is 4.24. The van der Waals surface area contributed by atoms with Gasteiger partial charge in [-0.15, -0.1) is 0 Å². The summed E-state index contributed by atoms with van der Waals surface area (Å²) in [6.45, 7) is 0. The van der Waals surface area contributed by atoms with Crippen LogP contribution in [0.3, 0.4) is 0 Å². The minimum absolute atomic E-state index is 0.189. The van der Waals surface area contributed by atoms with Gasteiger partial charge in [0, 0.05) is 12.4 Å². The van der Waals surface area contributed by atoms with Gasteiger partial charge in [0.15, 0.2) is 5.84 Å². The van der Waals surface area contributed by atoms with Crippen molar-refractivity contribution in [3.63, 3.8) is 0 Å². The fraction of sp³-hybridized carbons (Fsp3) is 0. The van der Waals surface area contributed by atoms with Crippen LogP contribution in [0.1, 0.15) is 0 Å². The number of hydrogen-bond acceptors (Lipinski definition) is 6. The lowest BCUT2D eigenvalue weighted by Gasteiger charge is -2.06. The predicted molar refractivity (Wildman–Crippen MR) is 75.8 cm³/mol. The standard InChI is InChI=1S/C11H8BrN7/c12-9-6(18-19-8(5-13)11(14)15)1-2-7-10(9)17-4-3-16-7/h1-4,18H,(H3,14,15)/b19-8+. The fourth-order valence-corrected chi connectivity index (χ4v) is 1.88. The molecular weight excluding hydrogens is 310 g/mol. The second kappa shape index (κ2) is 5.41. The molecule has 1 aromatic carbocycles. The number of fused-ring (bicyclic) bond motifs is 1. The van der Waals surface area contributed by atoms with Crippen LogP contribution in [0.2, 0.25) is 0 Å². The lowest BCUT2D eigenvalue weighted by Crippen LogP contribution is -2.21. The first kappa shape index (κ1) is 12.9. The molecule has 1 aromatic heterocycles. The molecule has 8 heteroatoms. The summed E-state index contributed by atoms with van der Waals surface area (Å²) in [5, 5.41) is 19.6. The zero-order chi connectivity index (χ0) is 13.8. The SMILES string of the molecule is N#C/C(=N\Nc1ccc2nccnc2c1Br)C(=N)N. The molecule has 0 unspecified atom stereocenters. The Morgan fingerprint density at radius 1 is 1.42 bits per heavy atom. The van der Waals surface area contributed by atoms with Crippen molar-refractivity contribution in [2.24, 2.45) is 10.8 Å². The van der Waals surface area contributed by atoms with Crippen LogP contribution >= 0.6 is 15.9 Å². The minimum Gasteiger partial charge on any atom is -0.382 e. The molecule has 0 atom stereocenters. The Labute approximate surface area is 116 Å². The molecule has 0 saturated heterocycles. The van der Waals surface area contributed by atoms with Crippen molar-refractivity contribution in [1.82, 2.24) is 9.97 Å². The summed E-state index contributed by atoms with van der Waals surface area (Å²) in [6.07, 6.45) is 3.18. The van der Waals surface area contributed by atoms with Gasteiger partial charge in [0.1, 0.15) is 11.6 Å². The molecule has 0 fully saturated rings. The van der Waals surface area contributed by atoms with Crippen LogP contribution in [0.25, 0.3) is 11.0 Å². The zero-order valence-electron chi connectivity index (χ0n) is 9.55. The number of nitrogens with one attached hydrogen (secondary N) is 2. The monoisotopic (exact) mass is 317 g/mol. The molecule has 94 valence electrons. The van der Waals surface area contributed by atoms with Gasteiger partial charge in [-0.2, -0.15) is 10.4 Å². The van der Waals surface area contributed by atoms with E-state index >= 15 is 0 Å². The number of nitrogens with two attached hydrogens (primary N) is 1. The zero-order valence-corrected chi connectivity index (χ0v) is 11.1. The quantitative estimate of drug-likeness (QED) is 0.450. The van der Waals surface area contributed by atoms with Gasteiger partial charge in [0.2, 0.25) is 5.71 Å². The van der Waals surface area contributed by atoms with Gasteiger partial charge in [0.05, 0.1) is 15.7 Å². The van der Waals surface area contributed by atoms with Crippen molar-refractivity contribution in [3.05, 3.63) is 29.0 Å². The average molecular weight is 318 g/mol. The summed E-state index contributed by atoms with van der Waals surface area (Å²) in [5.74, 6) is -0.397. The Kier molecular flexibility index (Phi) is 3.68. The highest BCUT2D eigenvalue weighted by Crippen LogP contribution is 2.28. The number of nitrogens with zero attached hydrogens (tertiary/aromatic N) is 4. The van der Waals surface area contributed by atoms with Gasteiger partial charge < -0.3 is 5.73 Å². The molecule has 4 N–H and O–H groups in total. The number of hydrazone groups is 1. The van der Waals surface area contributed by atoms with Gasteiger partial charge in [-0.05, 0) is 28.1 Å². The third kappa shape index (κ3) is 2.66. The summed E-state index contributed by atoms with van der Waals surface area (Å²) < 4.78 is 0.669. The van der Waals surface area contributed by atoms with Gasteiger partial charge in [0.25, 0.3) is 0 Å². The lowest BCUT2D eigenvalue weighted by molar-refractivity contribution is 1.27. The molecular formula is C11H8BrN7. The first-order valence-corrected chi connectivity index (χ1v) is 5.90. The van der Waals surface area contributed by atoms with Crippen molar-refractivity contribution >= 4 is 44.2 Å². The van der Waals surface area contributed by atoms with E-state index in [1.807, 2.05) is 0 Å². The summed E-state index contributed by atoms with van der Waals surface area (Å²) in [4.78, 5) is 8.35. The van der Waals surface area contributed by atoms with Crippen molar-refractivity contribution < 1.29 is 0 Å². The van der Waals surface area contributed by atoms with E-state index in [4.69, 9.17) is 16.4 Å². The maximum Gasteiger partial charge on any atom is 0.201 e. The predicted octanol–water partition coefficient (Wildman–Crippen LogP) is 1.62. The topological polar surface area (TPSA) is 124 Å². The highest BCUT2D eigenvalue weighted by Gasteiger charge is 2.07. The number of hydrogen-bond donors (Lipinski definition) is 3. The van der Waals surface area contributed by atoms with E-state index in [1.165, 1.54) is 0 Å². The fourth-order valence-electron chi connectivity index (χ4n) is 1.35. The van der Waals surface area contributed by atoms with E-state index in [0.29, 0.717) is 15.7 Å². The molecule has 0 aliphatic heterocycles. The molecule has 0 amide bonds. The van der Waals surface area contributed by atoms with Gasteiger partial charge in [-0.25, -0.2) is 0 Å². The van der Waals surface area contributed by atoms with Crippen molar-refractivity contribution in [2.45, 2.75) is 0 Å². The lowest BCUT2D eigenvalue weighted by atomic mass is 10.2. The molecule has 0 saturated carbocycles. The number of benzene rings is 1. The Balaban J connectivity index is 2.40. The van der Waals surface area contributed by atoms with E-state index in [1.54, 1.807) is 30.6 Å². The first-order chi connectivity index (χ1) is 9.13. The molecule has 2 aromatic rings. The van der Waals surface area contributed by atoms with E-state index < -0.39 is 5.84 Å². The normalized spacial score (nSPS) is 11.1. The molecule has 0 radical (unpaired) electrons. The number of aromatic nitrogens is 2. The number of nitriles is 1. The van der Waals surface area contributed by atoms with Gasteiger partial charge >= 0.3 is 0 Å². The summed E-state index contributed by atoms with van der Waals surface area (Å²) in [5.41, 5.74) is 9.68. The van der Waals surface area contributed by atoms with Crippen LogP contribution < -0.4 is 11.2 Å². The van der Waals surface area contributed by atoms with Crippen molar-refractivity contribution in [1.29, 1.82) is 10.7 Å².